The van der Waals surface area contributed by atoms with Gasteiger partial charge in [0.2, 0.25) is 5.91 Å². The molecule has 1 aliphatic heterocycles. The standard InChI is InChI=1S/C16H21ClN2O2/c1-12(2)15(20)18-6-8-19(9-7-18)16(21)14-5-3-4-13(10-14)11-17/h3-5,10,12H,6-9,11H2,1-2H3. The largest absolute Gasteiger partial charge is 0.339 e. The molecule has 0 bridgehead atoms. The minimum absolute atomic E-state index is 0.00709. The highest BCUT2D eigenvalue weighted by Gasteiger charge is 2.25. The van der Waals surface area contributed by atoms with E-state index in [4.69, 9.17) is 11.6 Å². The van der Waals surface area contributed by atoms with E-state index in [2.05, 4.69) is 0 Å². The molecule has 5 heteroatoms. The summed E-state index contributed by atoms with van der Waals surface area (Å²) in [4.78, 5) is 28.0. The highest BCUT2D eigenvalue weighted by molar-refractivity contribution is 6.17. The Balaban J connectivity index is 1.98. The Morgan fingerprint density at radius 3 is 2.33 bits per heavy atom. The highest BCUT2D eigenvalue weighted by atomic mass is 35.5. The van der Waals surface area contributed by atoms with Gasteiger partial charge < -0.3 is 9.80 Å². The number of nitrogens with zero attached hydrogens (tertiary/aromatic N) is 2. The van der Waals surface area contributed by atoms with Crippen LogP contribution in [0.2, 0.25) is 0 Å². The monoisotopic (exact) mass is 308 g/mol. The van der Waals surface area contributed by atoms with Crippen molar-refractivity contribution in [2.75, 3.05) is 26.2 Å². The van der Waals surface area contributed by atoms with E-state index in [1.54, 1.807) is 4.90 Å². The first-order valence-electron chi connectivity index (χ1n) is 7.26. The van der Waals surface area contributed by atoms with Crippen LogP contribution in [0.4, 0.5) is 0 Å². The van der Waals surface area contributed by atoms with E-state index in [9.17, 15) is 9.59 Å². The number of hydrogen-bond acceptors (Lipinski definition) is 2. The van der Waals surface area contributed by atoms with Gasteiger partial charge in [-0.15, -0.1) is 11.6 Å². The fourth-order valence-electron chi connectivity index (χ4n) is 2.47. The summed E-state index contributed by atoms with van der Waals surface area (Å²) in [5, 5.41) is 0. The van der Waals surface area contributed by atoms with Crippen molar-refractivity contribution in [1.82, 2.24) is 9.80 Å². The lowest BCUT2D eigenvalue weighted by Gasteiger charge is -2.35. The van der Waals surface area contributed by atoms with Gasteiger partial charge in [0.1, 0.15) is 0 Å². The van der Waals surface area contributed by atoms with Gasteiger partial charge >= 0.3 is 0 Å². The molecule has 1 saturated heterocycles. The molecule has 0 atom stereocenters. The molecule has 0 unspecified atom stereocenters. The van der Waals surface area contributed by atoms with E-state index < -0.39 is 0 Å². The number of carbonyl (C=O) groups is 2. The van der Waals surface area contributed by atoms with Gasteiger partial charge in [-0.05, 0) is 17.7 Å². The number of benzene rings is 1. The van der Waals surface area contributed by atoms with Crippen LogP contribution in [0.1, 0.15) is 29.8 Å². The zero-order valence-corrected chi connectivity index (χ0v) is 13.3. The quantitative estimate of drug-likeness (QED) is 0.804. The Kier molecular flexibility index (Phi) is 5.23. The SMILES string of the molecule is CC(C)C(=O)N1CCN(C(=O)c2cccc(CCl)c2)CC1. The number of amides is 2. The molecule has 0 N–H and O–H groups in total. The normalized spacial score (nSPS) is 15.4. The van der Waals surface area contributed by atoms with E-state index in [1.807, 2.05) is 43.0 Å². The van der Waals surface area contributed by atoms with E-state index in [0.717, 1.165) is 5.56 Å². The maximum atomic E-state index is 12.5. The van der Waals surface area contributed by atoms with Crippen LogP contribution in [0.5, 0.6) is 0 Å². The fraction of sp³-hybridized carbons (Fsp3) is 0.500. The first-order valence-corrected chi connectivity index (χ1v) is 7.79. The first kappa shape index (κ1) is 15.8. The molecule has 0 saturated carbocycles. The lowest BCUT2D eigenvalue weighted by molar-refractivity contribution is -0.135. The lowest BCUT2D eigenvalue weighted by Crippen LogP contribution is -2.51. The molecule has 1 aliphatic rings. The van der Waals surface area contributed by atoms with Crippen LogP contribution in [-0.2, 0) is 10.7 Å². The third kappa shape index (κ3) is 3.76. The molecule has 114 valence electrons. The molecule has 4 nitrogen and oxygen atoms in total. The second-order valence-electron chi connectivity index (χ2n) is 5.61. The van der Waals surface area contributed by atoms with Gasteiger partial charge in [0.25, 0.3) is 5.91 Å². The van der Waals surface area contributed by atoms with Gasteiger partial charge in [0.05, 0.1) is 0 Å². The summed E-state index contributed by atoms with van der Waals surface area (Å²) in [6, 6.07) is 7.40. The third-order valence-corrected chi connectivity index (χ3v) is 4.01. The Labute approximate surface area is 130 Å². The molecule has 1 fully saturated rings. The van der Waals surface area contributed by atoms with Crippen molar-refractivity contribution in [2.45, 2.75) is 19.7 Å². The minimum atomic E-state index is 0.00709. The van der Waals surface area contributed by atoms with Crippen LogP contribution in [0, 0.1) is 5.92 Å². The van der Waals surface area contributed by atoms with Crippen LogP contribution in [-0.4, -0.2) is 47.8 Å². The summed E-state index contributed by atoms with van der Waals surface area (Å²) in [5.74, 6) is 0.579. The van der Waals surface area contributed by atoms with E-state index in [1.165, 1.54) is 0 Å². The van der Waals surface area contributed by atoms with Gasteiger partial charge in [0.15, 0.2) is 0 Å². The van der Waals surface area contributed by atoms with Crippen LogP contribution >= 0.6 is 11.6 Å². The summed E-state index contributed by atoms with van der Waals surface area (Å²) < 4.78 is 0. The van der Waals surface area contributed by atoms with Gasteiger partial charge in [-0.25, -0.2) is 0 Å². The molecule has 2 amide bonds. The van der Waals surface area contributed by atoms with Gasteiger partial charge in [-0.2, -0.15) is 0 Å². The summed E-state index contributed by atoms with van der Waals surface area (Å²) in [5.41, 5.74) is 1.60. The number of hydrogen-bond donors (Lipinski definition) is 0. The maximum absolute atomic E-state index is 12.5. The molecule has 0 radical (unpaired) electrons. The minimum Gasteiger partial charge on any atom is -0.339 e. The highest BCUT2D eigenvalue weighted by Crippen LogP contribution is 2.13. The summed E-state index contributed by atoms with van der Waals surface area (Å²) in [6.45, 7) is 6.19. The van der Waals surface area contributed by atoms with Crippen molar-refractivity contribution >= 4 is 23.4 Å². The predicted octanol–water partition coefficient (Wildman–Crippen LogP) is 2.37. The van der Waals surface area contributed by atoms with Crippen LogP contribution in [0.25, 0.3) is 0 Å². The molecule has 0 spiro atoms. The average Bonchev–Trinajstić information content (AvgIpc) is 2.53. The first-order chi connectivity index (χ1) is 10.0. The van der Waals surface area contributed by atoms with Crippen molar-refractivity contribution in [3.63, 3.8) is 0 Å². The maximum Gasteiger partial charge on any atom is 0.253 e. The second kappa shape index (κ2) is 6.94. The van der Waals surface area contributed by atoms with E-state index in [-0.39, 0.29) is 17.7 Å². The molecule has 1 aromatic carbocycles. The molecule has 1 heterocycles. The predicted molar refractivity (Wildman–Crippen MR) is 83.3 cm³/mol. The lowest BCUT2D eigenvalue weighted by atomic mass is 10.1. The Bertz CT molecular complexity index is 523. The topological polar surface area (TPSA) is 40.6 Å². The van der Waals surface area contributed by atoms with Crippen molar-refractivity contribution in [3.8, 4) is 0 Å². The van der Waals surface area contributed by atoms with Crippen molar-refractivity contribution in [3.05, 3.63) is 35.4 Å². The summed E-state index contributed by atoms with van der Waals surface area (Å²) in [7, 11) is 0. The zero-order valence-electron chi connectivity index (χ0n) is 12.5. The number of rotatable bonds is 3. The molecular formula is C16H21ClN2O2. The number of alkyl halides is 1. The van der Waals surface area contributed by atoms with Crippen molar-refractivity contribution in [2.24, 2.45) is 5.92 Å². The number of halogens is 1. The van der Waals surface area contributed by atoms with Gasteiger partial charge in [-0.1, -0.05) is 26.0 Å². The number of piperazine rings is 1. The van der Waals surface area contributed by atoms with E-state index >= 15 is 0 Å². The van der Waals surface area contributed by atoms with Crippen molar-refractivity contribution in [1.29, 1.82) is 0 Å². The Morgan fingerprint density at radius 2 is 1.76 bits per heavy atom. The number of carbonyl (C=O) groups excluding carboxylic acids is 2. The molecule has 0 aromatic heterocycles. The van der Waals surface area contributed by atoms with Crippen LogP contribution in [0.15, 0.2) is 24.3 Å². The zero-order chi connectivity index (χ0) is 15.4. The smallest absolute Gasteiger partial charge is 0.253 e. The second-order valence-corrected chi connectivity index (χ2v) is 5.87. The Hall–Kier alpha value is -1.55. The third-order valence-electron chi connectivity index (χ3n) is 3.70. The summed E-state index contributed by atoms with van der Waals surface area (Å²) >= 11 is 5.80. The average molecular weight is 309 g/mol. The van der Waals surface area contributed by atoms with Gasteiger partial charge in [-0.3, -0.25) is 9.59 Å². The van der Waals surface area contributed by atoms with Gasteiger partial charge in [0, 0.05) is 43.5 Å². The van der Waals surface area contributed by atoms with E-state index in [0.29, 0.717) is 37.6 Å². The fourth-order valence-corrected chi connectivity index (χ4v) is 2.63. The van der Waals surface area contributed by atoms with Crippen molar-refractivity contribution < 1.29 is 9.59 Å². The molecular weight excluding hydrogens is 288 g/mol. The van der Waals surface area contributed by atoms with Crippen LogP contribution in [0.3, 0.4) is 0 Å². The van der Waals surface area contributed by atoms with Crippen LogP contribution < -0.4 is 0 Å². The molecule has 21 heavy (non-hydrogen) atoms. The Morgan fingerprint density at radius 1 is 1.14 bits per heavy atom. The molecule has 1 aromatic rings. The molecule has 2 rings (SSSR count). The molecule has 0 aliphatic carbocycles. The summed E-state index contributed by atoms with van der Waals surface area (Å²) in [6.07, 6.45) is 0.